The standard InChI is InChI=1S/C21H20N4O5/c1-21(16-8-7-14-5-2-3-6-15(14)11-16)19(28)25(20(29)24-21)12-18(27)30-13-17(26)23-10-4-9-22/h2-3,5-8,11H,4,10,12-13H2,1H3,(H,23,26)(H,24,29). The number of imide groups is 1. The van der Waals surface area contributed by atoms with Crippen LogP contribution in [0.4, 0.5) is 4.79 Å². The van der Waals surface area contributed by atoms with Crippen LogP contribution in [0.3, 0.4) is 0 Å². The van der Waals surface area contributed by atoms with Crippen molar-refractivity contribution < 1.29 is 23.9 Å². The van der Waals surface area contributed by atoms with Crippen molar-refractivity contribution in [1.29, 1.82) is 5.26 Å². The summed E-state index contributed by atoms with van der Waals surface area (Å²) >= 11 is 0. The van der Waals surface area contributed by atoms with Gasteiger partial charge in [0.15, 0.2) is 6.61 Å². The molecule has 1 atom stereocenters. The Labute approximate surface area is 172 Å². The lowest BCUT2D eigenvalue weighted by Crippen LogP contribution is -2.42. The fraction of sp³-hybridized carbons (Fsp3) is 0.286. The highest BCUT2D eigenvalue weighted by atomic mass is 16.5. The SMILES string of the molecule is CC1(c2ccc3ccccc3c2)NC(=O)N(CC(=O)OCC(=O)NCCC#N)C1=O. The molecule has 9 nitrogen and oxygen atoms in total. The number of rotatable bonds is 7. The van der Waals surface area contributed by atoms with E-state index in [2.05, 4.69) is 10.6 Å². The van der Waals surface area contributed by atoms with Crippen molar-refractivity contribution in [3.63, 3.8) is 0 Å². The lowest BCUT2D eigenvalue weighted by Gasteiger charge is -2.22. The molecule has 4 amide bonds. The minimum Gasteiger partial charge on any atom is -0.454 e. The van der Waals surface area contributed by atoms with Crippen LogP contribution in [-0.4, -0.2) is 48.4 Å². The number of ether oxygens (including phenoxy) is 1. The molecule has 1 unspecified atom stereocenters. The number of fused-ring (bicyclic) bond motifs is 1. The highest BCUT2D eigenvalue weighted by molar-refractivity contribution is 6.09. The summed E-state index contributed by atoms with van der Waals surface area (Å²) in [5.41, 5.74) is -0.733. The fourth-order valence-corrected chi connectivity index (χ4v) is 3.17. The van der Waals surface area contributed by atoms with E-state index >= 15 is 0 Å². The first-order valence-corrected chi connectivity index (χ1v) is 9.28. The van der Waals surface area contributed by atoms with Crippen LogP contribution in [0.2, 0.25) is 0 Å². The molecule has 0 aliphatic carbocycles. The second-order valence-electron chi connectivity index (χ2n) is 6.93. The summed E-state index contributed by atoms with van der Waals surface area (Å²) in [6, 6.07) is 14.2. The van der Waals surface area contributed by atoms with Gasteiger partial charge >= 0.3 is 12.0 Å². The maximum Gasteiger partial charge on any atom is 0.326 e. The monoisotopic (exact) mass is 408 g/mol. The van der Waals surface area contributed by atoms with Gasteiger partial charge in [-0.05, 0) is 29.3 Å². The number of carbonyl (C=O) groups excluding carboxylic acids is 4. The molecule has 1 saturated heterocycles. The van der Waals surface area contributed by atoms with E-state index in [0.717, 1.165) is 15.7 Å². The van der Waals surface area contributed by atoms with Crippen LogP contribution in [0, 0.1) is 11.3 Å². The molecule has 3 rings (SSSR count). The van der Waals surface area contributed by atoms with E-state index < -0.39 is 42.5 Å². The Morgan fingerprint density at radius 3 is 2.67 bits per heavy atom. The van der Waals surface area contributed by atoms with Gasteiger partial charge in [-0.15, -0.1) is 0 Å². The highest BCUT2D eigenvalue weighted by Gasteiger charge is 2.49. The Morgan fingerprint density at radius 2 is 1.93 bits per heavy atom. The number of benzene rings is 2. The summed E-state index contributed by atoms with van der Waals surface area (Å²) in [5, 5.41) is 15.4. The number of carbonyl (C=O) groups is 4. The van der Waals surface area contributed by atoms with Gasteiger partial charge in [-0.1, -0.05) is 36.4 Å². The first-order chi connectivity index (χ1) is 14.3. The number of nitrogens with zero attached hydrogens (tertiary/aromatic N) is 2. The van der Waals surface area contributed by atoms with E-state index in [1.807, 2.05) is 42.5 Å². The van der Waals surface area contributed by atoms with Crippen LogP contribution in [0.15, 0.2) is 42.5 Å². The van der Waals surface area contributed by atoms with E-state index in [4.69, 9.17) is 10.00 Å². The Kier molecular flexibility index (Phi) is 5.97. The predicted molar refractivity (Wildman–Crippen MR) is 106 cm³/mol. The van der Waals surface area contributed by atoms with Crippen LogP contribution in [-0.2, 0) is 24.7 Å². The van der Waals surface area contributed by atoms with Crippen molar-refractivity contribution in [3.8, 4) is 6.07 Å². The maximum absolute atomic E-state index is 12.9. The predicted octanol–water partition coefficient (Wildman–Crippen LogP) is 1.18. The maximum atomic E-state index is 12.9. The molecule has 0 saturated carbocycles. The number of esters is 1. The summed E-state index contributed by atoms with van der Waals surface area (Å²) < 4.78 is 4.82. The van der Waals surface area contributed by atoms with Crippen LogP contribution in [0.5, 0.6) is 0 Å². The molecule has 2 aromatic rings. The summed E-state index contributed by atoms with van der Waals surface area (Å²) in [6.07, 6.45) is 0.134. The minimum atomic E-state index is -1.32. The number of nitriles is 1. The van der Waals surface area contributed by atoms with Gasteiger partial charge in [-0.2, -0.15) is 5.26 Å². The molecule has 30 heavy (non-hydrogen) atoms. The van der Waals surface area contributed by atoms with E-state index in [-0.39, 0.29) is 13.0 Å². The summed E-state index contributed by atoms with van der Waals surface area (Å²) in [7, 11) is 0. The van der Waals surface area contributed by atoms with Gasteiger partial charge in [-0.3, -0.25) is 19.3 Å². The van der Waals surface area contributed by atoms with Crippen molar-refractivity contribution in [2.75, 3.05) is 19.7 Å². The van der Waals surface area contributed by atoms with Gasteiger partial charge in [0.25, 0.3) is 11.8 Å². The molecule has 9 heteroatoms. The molecule has 1 fully saturated rings. The van der Waals surface area contributed by atoms with Gasteiger partial charge < -0.3 is 15.4 Å². The Bertz CT molecular complexity index is 1060. The fourth-order valence-electron chi connectivity index (χ4n) is 3.17. The quantitative estimate of drug-likeness (QED) is 0.402. The van der Waals surface area contributed by atoms with Crippen molar-refractivity contribution in [2.45, 2.75) is 18.9 Å². The third kappa shape index (κ3) is 4.22. The van der Waals surface area contributed by atoms with E-state index in [9.17, 15) is 19.2 Å². The van der Waals surface area contributed by atoms with Crippen molar-refractivity contribution in [3.05, 3.63) is 48.0 Å². The number of urea groups is 1. The Balaban J connectivity index is 1.65. The molecule has 1 aliphatic rings. The number of hydrogen-bond acceptors (Lipinski definition) is 6. The zero-order valence-corrected chi connectivity index (χ0v) is 16.3. The topological polar surface area (TPSA) is 129 Å². The molecule has 0 spiro atoms. The number of amides is 4. The van der Waals surface area contributed by atoms with Crippen LogP contribution >= 0.6 is 0 Å². The van der Waals surface area contributed by atoms with E-state index in [1.165, 1.54) is 0 Å². The normalized spacial score (nSPS) is 18.1. The highest BCUT2D eigenvalue weighted by Crippen LogP contribution is 2.30. The number of hydrogen-bond donors (Lipinski definition) is 2. The van der Waals surface area contributed by atoms with Gasteiger partial charge in [0.2, 0.25) is 0 Å². The largest absolute Gasteiger partial charge is 0.454 e. The van der Waals surface area contributed by atoms with Crippen molar-refractivity contribution in [2.24, 2.45) is 0 Å². The summed E-state index contributed by atoms with van der Waals surface area (Å²) in [6.45, 7) is 0.546. The third-order valence-electron chi connectivity index (χ3n) is 4.81. The van der Waals surface area contributed by atoms with Crippen molar-refractivity contribution >= 4 is 34.6 Å². The van der Waals surface area contributed by atoms with E-state index in [0.29, 0.717) is 5.56 Å². The molecule has 0 aromatic heterocycles. The Hall–Kier alpha value is -3.93. The average molecular weight is 408 g/mol. The van der Waals surface area contributed by atoms with Gasteiger partial charge in [-0.25, -0.2) is 4.79 Å². The van der Waals surface area contributed by atoms with Crippen LogP contribution < -0.4 is 10.6 Å². The lowest BCUT2D eigenvalue weighted by atomic mass is 9.90. The first-order valence-electron chi connectivity index (χ1n) is 9.28. The van der Waals surface area contributed by atoms with Gasteiger partial charge in [0.05, 0.1) is 12.5 Å². The number of nitrogens with one attached hydrogen (secondary N) is 2. The molecular weight excluding hydrogens is 388 g/mol. The van der Waals surface area contributed by atoms with Gasteiger partial charge in [0, 0.05) is 6.54 Å². The van der Waals surface area contributed by atoms with Gasteiger partial charge in [0.1, 0.15) is 12.1 Å². The minimum absolute atomic E-state index is 0.134. The van der Waals surface area contributed by atoms with E-state index in [1.54, 1.807) is 13.0 Å². The third-order valence-corrected chi connectivity index (χ3v) is 4.81. The van der Waals surface area contributed by atoms with Crippen molar-refractivity contribution in [1.82, 2.24) is 15.5 Å². The second-order valence-corrected chi connectivity index (χ2v) is 6.93. The molecule has 0 bridgehead atoms. The smallest absolute Gasteiger partial charge is 0.326 e. The molecule has 0 radical (unpaired) electrons. The molecular formula is C21H20N4O5. The average Bonchev–Trinajstić information content (AvgIpc) is 2.96. The Morgan fingerprint density at radius 1 is 1.20 bits per heavy atom. The summed E-state index contributed by atoms with van der Waals surface area (Å²) in [5.74, 6) is -2.05. The molecule has 2 aromatic carbocycles. The molecule has 1 heterocycles. The first kappa shape index (κ1) is 20.8. The molecule has 1 aliphatic heterocycles. The zero-order valence-electron chi connectivity index (χ0n) is 16.3. The van der Waals surface area contributed by atoms with Crippen LogP contribution in [0.25, 0.3) is 10.8 Å². The molecule has 2 N–H and O–H groups in total. The van der Waals surface area contributed by atoms with Crippen LogP contribution in [0.1, 0.15) is 18.9 Å². The lowest BCUT2D eigenvalue weighted by molar-refractivity contribution is -0.151. The zero-order chi connectivity index (χ0) is 21.7. The molecule has 154 valence electrons. The second kappa shape index (κ2) is 8.61. The summed E-state index contributed by atoms with van der Waals surface area (Å²) in [4.78, 5) is 49.6.